The number of ether oxygens (including phenoxy) is 1. The van der Waals surface area contributed by atoms with Crippen LogP contribution in [0.25, 0.3) is 50.3 Å². The molecule has 1 saturated heterocycles. The number of aryl methyl sites for hydroxylation is 3. The van der Waals surface area contributed by atoms with Crippen LogP contribution >= 0.6 is 0 Å². The summed E-state index contributed by atoms with van der Waals surface area (Å²) in [6.45, 7) is 13.5. The summed E-state index contributed by atoms with van der Waals surface area (Å²) in [6.07, 6.45) is 30.2. The number of hydrogen-bond acceptors (Lipinski definition) is 20. The van der Waals surface area contributed by atoms with Crippen molar-refractivity contribution >= 4 is 69.1 Å². The molecule has 19 rings (SSSR count). The quantitative estimate of drug-likeness (QED) is 0.0348. The lowest BCUT2D eigenvalue weighted by Gasteiger charge is -2.40. The highest BCUT2D eigenvalue weighted by molar-refractivity contribution is 6.00. The van der Waals surface area contributed by atoms with E-state index < -0.39 is 11.0 Å². The Bertz CT molecular complexity index is 5990. The lowest BCUT2D eigenvalue weighted by atomic mass is 9.82. The molecule has 7 fully saturated rings. The molecule has 10 N–H and O–H groups in total. The first-order chi connectivity index (χ1) is 56.5. The van der Waals surface area contributed by atoms with E-state index in [4.69, 9.17) is 36.9 Å². The summed E-state index contributed by atoms with van der Waals surface area (Å²) in [5, 5.41) is 20.0. The van der Waals surface area contributed by atoms with Crippen LogP contribution < -0.4 is 33.2 Å². The van der Waals surface area contributed by atoms with Gasteiger partial charge in [-0.2, -0.15) is 0 Å². The minimum Gasteiger partial charge on any atom is -0.382 e. The number of nitrogens with one attached hydrogen (secondary N) is 3. The smallest absolute Gasteiger partial charge is 0.251 e. The molecule has 604 valence electrons. The molecule has 26 heteroatoms. The van der Waals surface area contributed by atoms with E-state index in [1.165, 1.54) is 13.8 Å². The van der Waals surface area contributed by atoms with Gasteiger partial charge in [0.25, 0.3) is 5.91 Å². The number of carbonyl (C=O) groups excluding carboxylic acids is 6. The summed E-state index contributed by atoms with van der Waals surface area (Å²) in [5.41, 5.74) is 30.7. The molecule has 12 aromatic rings. The highest BCUT2D eigenvalue weighted by atomic mass is 16.5. The molecule has 3 amide bonds. The minimum absolute atomic E-state index is 0.00135. The molecule has 118 heavy (non-hydrogen) atoms. The average molecular weight is 1580 g/mol. The van der Waals surface area contributed by atoms with Crippen molar-refractivity contribution in [2.24, 2.45) is 5.41 Å². The first-order valence-electron chi connectivity index (χ1n) is 40.7. The summed E-state index contributed by atoms with van der Waals surface area (Å²) in [4.78, 5) is 118. The van der Waals surface area contributed by atoms with Crippen molar-refractivity contribution in [2.45, 2.75) is 203 Å². The molecule has 10 heterocycles. The van der Waals surface area contributed by atoms with Gasteiger partial charge < -0.3 is 43.0 Å². The third-order valence-electron chi connectivity index (χ3n) is 26.2. The second kappa shape index (κ2) is 29.7. The number of pyridine rings is 3. The lowest BCUT2D eigenvalue weighted by molar-refractivity contribution is -0.159. The van der Waals surface area contributed by atoms with E-state index in [0.717, 1.165) is 198 Å². The van der Waals surface area contributed by atoms with Crippen LogP contribution in [0.1, 0.15) is 206 Å². The number of imidazole rings is 3. The van der Waals surface area contributed by atoms with Crippen molar-refractivity contribution in [2.75, 3.05) is 30.4 Å². The number of fused-ring (bicyclic) bond motifs is 9. The predicted octanol–water partition coefficient (Wildman–Crippen LogP) is 12.4. The SMILES string of the molecule is CC(=O)NC12CCC(c3nc(-c4ccc(C(=O)Cc5cc(C)ccn5)cc4)c4c(N)nccn34)(CC1)C2.Cc1ccnc(CC(=O)c2ccc(-c3nc(C45CCC(NC(=O)C(C)(C)O)(CC4)C5)n4ccnc(N)c34)cc2)c1.Cc1ccnc(CC(=O)c2ccc(-c3nc(C45CCC(NC(=O)C6(C)COC6)(CC4)C5)n4ccnc(N)c34)cc2)c1. The second-order valence-corrected chi connectivity index (χ2v) is 35.4. The number of rotatable bonds is 20. The minimum atomic E-state index is -1.43. The number of hydrogen-bond donors (Lipinski definition) is 7. The zero-order valence-corrected chi connectivity index (χ0v) is 67.6. The number of nitrogens with two attached hydrogens (primary N) is 3. The van der Waals surface area contributed by atoms with Gasteiger partial charge in [0.15, 0.2) is 17.3 Å². The summed E-state index contributed by atoms with van der Waals surface area (Å²) < 4.78 is 11.5. The number of nitrogens with zero attached hydrogens (tertiary/aromatic N) is 12. The zero-order valence-electron chi connectivity index (χ0n) is 67.6. The fourth-order valence-electron chi connectivity index (χ4n) is 20.0. The molecule has 6 bridgehead atoms. The van der Waals surface area contributed by atoms with Crippen molar-refractivity contribution in [3.63, 3.8) is 0 Å². The number of carbonyl (C=O) groups is 6. The van der Waals surface area contributed by atoms with E-state index in [-0.39, 0.29) is 87.2 Å². The summed E-state index contributed by atoms with van der Waals surface area (Å²) >= 11 is 0. The number of aromatic nitrogens is 12. The van der Waals surface area contributed by atoms with Crippen LogP contribution in [0.3, 0.4) is 0 Å². The Balaban J connectivity index is 0.000000127. The van der Waals surface area contributed by atoms with Gasteiger partial charge in [0, 0.05) is 146 Å². The molecule has 0 spiro atoms. The van der Waals surface area contributed by atoms with E-state index in [0.29, 0.717) is 47.4 Å². The van der Waals surface area contributed by atoms with Gasteiger partial charge in [-0.15, -0.1) is 0 Å². The fraction of sp³-hybridized carbons (Fsp3) is 0.380. The molecule has 0 atom stereocenters. The van der Waals surface area contributed by atoms with E-state index in [9.17, 15) is 33.9 Å². The van der Waals surface area contributed by atoms with Crippen molar-refractivity contribution in [3.05, 3.63) is 233 Å². The van der Waals surface area contributed by atoms with Crippen molar-refractivity contribution < 1.29 is 38.6 Å². The van der Waals surface area contributed by atoms with Gasteiger partial charge in [-0.1, -0.05) is 72.8 Å². The number of Topliss-reactive ketones (excluding diaryl/α,β-unsaturated/α-hetero) is 3. The average Bonchev–Trinajstić information content (AvgIpc) is 1.56. The van der Waals surface area contributed by atoms with Gasteiger partial charge >= 0.3 is 0 Å². The van der Waals surface area contributed by atoms with E-state index in [2.05, 4.69) is 54.7 Å². The normalized spacial score (nSPS) is 23.0. The van der Waals surface area contributed by atoms with E-state index >= 15 is 0 Å². The van der Waals surface area contributed by atoms with Crippen molar-refractivity contribution in [1.82, 2.24) is 74.0 Å². The molecule has 26 nitrogen and oxygen atoms in total. The maximum atomic E-state index is 13.1. The van der Waals surface area contributed by atoms with Crippen LogP contribution in [0.5, 0.6) is 0 Å². The lowest BCUT2D eigenvalue weighted by Crippen LogP contribution is -2.57. The molecule has 3 aromatic carbocycles. The Morgan fingerprint density at radius 2 is 0.737 bits per heavy atom. The van der Waals surface area contributed by atoms with Crippen LogP contribution in [-0.4, -0.2) is 134 Å². The van der Waals surface area contributed by atoms with Crippen LogP contribution in [0.2, 0.25) is 0 Å². The summed E-state index contributed by atoms with van der Waals surface area (Å²) in [7, 11) is 0. The molecule has 6 saturated carbocycles. The predicted molar refractivity (Wildman–Crippen MR) is 447 cm³/mol. The maximum absolute atomic E-state index is 13.1. The Morgan fingerprint density at radius 3 is 1.02 bits per heavy atom. The Labute approximate surface area is 683 Å². The maximum Gasteiger partial charge on any atom is 0.251 e. The van der Waals surface area contributed by atoms with Crippen LogP contribution in [0.15, 0.2) is 165 Å². The number of nitrogen functional groups attached to an aromatic ring is 3. The number of amides is 3. The van der Waals surface area contributed by atoms with Crippen LogP contribution in [0, 0.1) is 26.2 Å². The van der Waals surface area contributed by atoms with Gasteiger partial charge in [0.2, 0.25) is 11.8 Å². The Kier molecular flexibility index (Phi) is 19.7. The summed E-state index contributed by atoms with van der Waals surface area (Å²) in [6, 6.07) is 34.1. The molecular weight excluding hydrogens is 1490 g/mol. The third kappa shape index (κ3) is 14.5. The van der Waals surface area contributed by atoms with Gasteiger partial charge in [0.1, 0.15) is 74.2 Å². The fourth-order valence-corrected chi connectivity index (χ4v) is 20.0. The van der Waals surface area contributed by atoms with E-state index in [1.54, 1.807) is 44.1 Å². The first kappa shape index (κ1) is 78.2. The highest BCUT2D eigenvalue weighted by Crippen LogP contribution is 2.61. The number of benzene rings is 3. The zero-order chi connectivity index (χ0) is 82.5. The largest absolute Gasteiger partial charge is 0.382 e. The molecule has 1 aliphatic heterocycles. The highest BCUT2D eigenvalue weighted by Gasteiger charge is 2.61. The molecule has 6 aliphatic carbocycles. The van der Waals surface area contributed by atoms with Crippen molar-refractivity contribution in [1.29, 1.82) is 0 Å². The van der Waals surface area contributed by atoms with Gasteiger partial charge in [-0.3, -0.25) is 56.9 Å². The molecular formula is C92H98N18O8. The number of ketones is 3. The monoisotopic (exact) mass is 1580 g/mol. The topological polar surface area (TPSA) is 375 Å². The number of anilines is 3. The van der Waals surface area contributed by atoms with Crippen LogP contribution in [-0.2, 0) is 54.6 Å². The second-order valence-electron chi connectivity index (χ2n) is 35.4. The molecule has 9 aromatic heterocycles. The Hall–Kier alpha value is -12.3. The van der Waals surface area contributed by atoms with Crippen molar-refractivity contribution in [3.8, 4) is 33.8 Å². The summed E-state index contributed by atoms with van der Waals surface area (Å²) in [5.74, 6) is 3.88. The van der Waals surface area contributed by atoms with Gasteiger partial charge in [0.05, 0.1) is 37.9 Å². The molecule has 0 radical (unpaired) electrons. The van der Waals surface area contributed by atoms with Gasteiger partial charge in [-0.05, 0) is 191 Å². The standard InChI is InChI=1S/C32H34N6O3.C31H34N6O3.C29H30N6O2/c1-20-7-12-34-23(15-20)16-24(39)21-3-5-22(6-4-21)25-26-27(33)35-13-14-38(26)28(36-25)31-8-10-32(17-31,11-9-31)37-29(40)30(2)18-41-19-30;1-19-8-13-33-22(16-19)17-23(38)20-4-6-21(7-5-20)24-25-26(32)34-14-15-37(25)27(35-24)30-9-11-31(18-30,12-10-30)36-28(39)29(2,3)40;1-18-7-12-31-22(15-18)16-23(37)20-3-5-21(6-4-20)24-25-26(30)32-13-14-35(25)27(33-24)28-8-10-29(17-28,11-9-28)34-19(2)36/h3-7,12-15H,8-11,16-19H2,1-2H3,(H2,33,35)(H,37,40);4-8,13-16,40H,9-12,17-18H2,1-3H3,(H2,32,34)(H,36,39);3-7,12-15H,8-11,16-17H2,1-2H3,(H2,30,32)(H,34,36). The first-order valence-corrected chi connectivity index (χ1v) is 40.7. The number of aliphatic hydroxyl groups is 1. The Morgan fingerprint density at radius 1 is 0.432 bits per heavy atom. The third-order valence-corrected chi connectivity index (χ3v) is 26.2. The van der Waals surface area contributed by atoms with E-state index in [1.807, 2.05) is 160 Å². The molecule has 7 aliphatic rings. The molecule has 0 unspecified atom stereocenters. The van der Waals surface area contributed by atoms with Gasteiger partial charge in [-0.25, -0.2) is 29.9 Å². The van der Waals surface area contributed by atoms with Crippen LogP contribution in [0.4, 0.5) is 17.5 Å².